The van der Waals surface area contributed by atoms with Gasteiger partial charge in [-0.05, 0) is 49.4 Å². The van der Waals surface area contributed by atoms with Gasteiger partial charge in [0.05, 0.1) is 12.2 Å². The van der Waals surface area contributed by atoms with E-state index in [1.807, 2.05) is 14.0 Å². The number of carbonyl (C=O) groups is 1. The van der Waals surface area contributed by atoms with Crippen molar-refractivity contribution in [1.29, 1.82) is 0 Å². The van der Waals surface area contributed by atoms with Gasteiger partial charge >= 0.3 is 5.69 Å². The molecule has 8 nitrogen and oxygen atoms in total. The molecule has 0 radical (unpaired) electrons. The summed E-state index contributed by atoms with van der Waals surface area (Å²) >= 11 is 6.24. The molecule has 0 N–H and O–H groups in total. The molecule has 1 aliphatic rings. The molecule has 0 spiro atoms. The molecule has 2 aromatic carbocycles. The highest BCUT2D eigenvalue weighted by Gasteiger charge is 2.27. The smallest absolute Gasteiger partial charge is 0.335 e. The van der Waals surface area contributed by atoms with E-state index in [0.29, 0.717) is 42.5 Å². The van der Waals surface area contributed by atoms with Gasteiger partial charge in [-0.2, -0.15) is 9.78 Å². The zero-order valence-corrected chi connectivity index (χ0v) is 19.0. The highest BCUT2D eigenvalue weighted by molar-refractivity contribution is 6.31. The molecule has 0 bridgehead atoms. The van der Waals surface area contributed by atoms with Crippen LogP contribution in [0.1, 0.15) is 21.6 Å². The quantitative estimate of drug-likeness (QED) is 0.581. The second kappa shape index (κ2) is 9.29. The van der Waals surface area contributed by atoms with Crippen LogP contribution in [0.5, 0.6) is 0 Å². The molecule has 4 rings (SSSR count). The lowest BCUT2D eigenvalue weighted by molar-refractivity contribution is 0.0652. The molecule has 0 atom stereocenters. The topological polar surface area (TPSA) is 80.4 Å². The van der Waals surface area contributed by atoms with Crippen molar-refractivity contribution in [3.05, 3.63) is 91.0 Å². The average molecular weight is 472 g/mol. The highest BCUT2D eigenvalue weighted by atomic mass is 35.5. The summed E-state index contributed by atoms with van der Waals surface area (Å²) in [6, 6.07) is 10.4. The van der Waals surface area contributed by atoms with Crippen molar-refractivity contribution in [3.8, 4) is 5.69 Å². The van der Waals surface area contributed by atoms with Crippen LogP contribution >= 0.6 is 11.6 Å². The molecule has 0 saturated carbocycles. The molecule has 0 unspecified atom stereocenters. The second-order valence-corrected chi connectivity index (χ2v) is 8.50. The number of halogens is 2. The van der Waals surface area contributed by atoms with Crippen LogP contribution in [-0.4, -0.2) is 63.3 Å². The summed E-state index contributed by atoms with van der Waals surface area (Å²) in [6.07, 6.45) is 0. The van der Waals surface area contributed by atoms with Crippen molar-refractivity contribution in [2.24, 2.45) is 0 Å². The lowest BCUT2D eigenvalue weighted by Crippen LogP contribution is -2.51. The molecule has 1 fully saturated rings. The third-order valence-electron chi connectivity index (χ3n) is 5.71. The number of hydrogen-bond donors (Lipinski definition) is 0. The van der Waals surface area contributed by atoms with Crippen molar-refractivity contribution >= 4 is 17.5 Å². The van der Waals surface area contributed by atoms with E-state index in [9.17, 15) is 18.8 Å². The van der Waals surface area contributed by atoms with Crippen molar-refractivity contribution in [2.45, 2.75) is 13.5 Å². The Morgan fingerprint density at radius 2 is 1.73 bits per heavy atom. The first-order chi connectivity index (χ1) is 15.7. The first-order valence-electron chi connectivity index (χ1n) is 10.5. The van der Waals surface area contributed by atoms with Crippen molar-refractivity contribution < 1.29 is 9.18 Å². The predicted octanol–water partition coefficient (Wildman–Crippen LogP) is 1.93. The van der Waals surface area contributed by atoms with Gasteiger partial charge in [0, 0.05) is 31.2 Å². The first kappa shape index (κ1) is 22.9. The molecule has 1 aliphatic heterocycles. The van der Waals surface area contributed by atoms with Crippen LogP contribution in [0.4, 0.5) is 4.39 Å². The van der Waals surface area contributed by atoms with E-state index in [2.05, 4.69) is 10.00 Å². The third-order valence-corrected chi connectivity index (χ3v) is 6.11. The SMILES string of the molecule is Cc1ccc(-n2nc(C(=O)N3CCN(C)CC3)c(=O)n(Cc3ccc(F)cc3)c2=O)cc1Cl. The molecule has 1 amide bonds. The summed E-state index contributed by atoms with van der Waals surface area (Å²) in [5.41, 5.74) is -0.189. The number of aromatic nitrogens is 3. The maximum atomic E-state index is 13.3. The molecule has 10 heteroatoms. The number of likely N-dealkylation sites (N-methyl/N-ethyl adjacent to an activating group) is 1. The van der Waals surface area contributed by atoms with Gasteiger partial charge < -0.3 is 9.80 Å². The number of aryl methyl sites for hydroxylation is 1. The lowest BCUT2D eigenvalue weighted by atomic mass is 10.2. The van der Waals surface area contributed by atoms with Crippen LogP contribution in [0.15, 0.2) is 52.1 Å². The van der Waals surface area contributed by atoms with Crippen molar-refractivity contribution in [2.75, 3.05) is 33.2 Å². The maximum absolute atomic E-state index is 13.3. The average Bonchev–Trinajstić information content (AvgIpc) is 2.80. The minimum atomic E-state index is -0.789. The van der Waals surface area contributed by atoms with E-state index in [1.54, 1.807) is 23.1 Å². The number of benzene rings is 2. The predicted molar refractivity (Wildman–Crippen MR) is 123 cm³/mol. The summed E-state index contributed by atoms with van der Waals surface area (Å²) in [7, 11) is 1.96. The van der Waals surface area contributed by atoms with Gasteiger partial charge in [0.1, 0.15) is 5.82 Å². The van der Waals surface area contributed by atoms with Crippen LogP contribution < -0.4 is 11.2 Å². The van der Waals surface area contributed by atoms with Gasteiger partial charge in [-0.1, -0.05) is 29.8 Å². The van der Waals surface area contributed by atoms with Gasteiger partial charge in [0.2, 0.25) is 5.69 Å². The van der Waals surface area contributed by atoms with Crippen molar-refractivity contribution in [3.63, 3.8) is 0 Å². The van der Waals surface area contributed by atoms with E-state index < -0.39 is 23.0 Å². The number of piperazine rings is 1. The largest absolute Gasteiger partial charge is 0.352 e. The molecule has 2 heterocycles. The van der Waals surface area contributed by atoms with Crippen LogP contribution in [0.2, 0.25) is 5.02 Å². The van der Waals surface area contributed by atoms with Crippen molar-refractivity contribution in [1.82, 2.24) is 24.1 Å². The Morgan fingerprint density at radius 1 is 1.06 bits per heavy atom. The molecular weight excluding hydrogens is 449 g/mol. The molecule has 172 valence electrons. The van der Waals surface area contributed by atoms with E-state index in [0.717, 1.165) is 14.8 Å². The van der Waals surface area contributed by atoms with Gasteiger partial charge in [-0.25, -0.2) is 9.18 Å². The van der Waals surface area contributed by atoms with E-state index in [1.165, 1.54) is 24.3 Å². The van der Waals surface area contributed by atoms with Gasteiger partial charge in [0.15, 0.2) is 0 Å². The number of carbonyl (C=O) groups excluding carboxylic acids is 1. The van der Waals surface area contributed by atoms with Crippen LogP contribution in [-0.2, 0) is 6.54 Å². The van der Waals surface area contributed by atoms with Gasteiger partial charge in [-0.15, -0.1) is 0 Å². The highest BCUT2D eigenvalue weighted by Crippen LogP contribution is 2.18. The normalized spacial score (nSPS) is 14.5. The molecule has 33 heavy (non-hydrogen) atoms. The van der Waals surface area contributed by atoms with Crippen LogP contribution in [0, 0.1) is 12.7 Å². The zero-order chi connectivity index (χ0) is 23.7. The number of hydrogen-bond acceptors (Lipinski definition) is 5. The summed E-state index contributed by atoms with van der Waals surface area (Å²) in [6.45, 7) is 3.92. The summed E-state index contributed by atoms with van der Waals surface area (Å²) < 4.78 is 15.3. The summed E-state index contributed by atoms with van der Waals surface area (Å²) in [5, 5.41) is 4.59. The van der Waals surface area contributed by atoms with E-state index >= 15 is 0 Å². The monoisotopic (exact) mass is 471 g/mol. The molecule has 1 aromatic heterocycles. The number of amides is 1. The van der Waals surface area contributed by atoms with Gasteiger partial charge in [-0.3, -0.25) is 14.2 Å². The lowest BCUT2D eigenvalue weighted by Gasteiger charge is -2.32. The van der Waals surface area contributed by atoms with Gasteiger partial charge in [0.25, 0.3) is 11.5 Å². The standard InChI is InChI=1S/C23H23ClFN5O3/c1-15-3-8-18(13-19(15)24)30-23(33)29(14-16-4-6-17(25)7-5-16)22(32)20(26-30)21(31)28-11-9-27(2)10-12-28/h3-8,13H,9-12,14H2,1-2H3. The number of rotatable bonds is 4. The Balaban J connectivity index is 1.85. The molecule has 3 aromatic rings. The Hall–Kier alpha value is -3.30. The van der Waals surface area contributed by atoms with E-state index in [-0.39, 0.29) is 12.2 Å². The molecule has 1 saturated heterocycles. The van der Waals surface area contributed by atoms with Crippen LogP contribution in [0.25, 0.3) is 5.69 Å². The summed E-state index contributed by atoms with van der Waals surface area (Å²) in [5.74, 6) is -0.966. The second-order valence-electron chi connectivity index (χ2n) is 8.09. The number of nitrogens with zero attached hydrogens (tertiary/aromatic N) is 5. The minimum absolute atomic E-state index is 0.136. The Morgan fingerprint density at radius 3 is 2.36 bits per heavy atom. The van der Waals surface area contributed by atoms with E-state index in [4.69, 9.17) is 11.6 Å². The zero-order valence-electron chi connectivity index (χ0n) is 18.3. The third kappa shape index (κ3) is 4.74. The van der Waals surface area contributed by atoms with Crippen LogP contribution in [0.3, 0.4) is 0 Å². The molecule has 0 aliphatic carbocycles. The Bertz CT molecular complexity index is 1310. The Labute approximate surface area is 194 Å². The Kier molecular flexibility index (Phi) is 6.44. The maximum Gasteiger partial charge on any atom is 0.352 e. The summed E-state index contributed by atoms with van der Waals surface area (Å²) in [4.78, 5) is 43.4. The fraction of sp³-hybridized carbons (Fsp3) is 0.304. The fourth-order valence-corrected chi connectivity index (χ4v) is 3.78. The minimum Gasteiger partial charge on any atom is -0.335 e. The fourth-order valence-electron chi connectivity index (χ4n) is 3.60. The first-order valence-corrected chi connectivity index (χ1v) is 10.9. The molecular formula is C23H23ClFN5O3.